The van der Waals surface area contributed by atoms with Gasteiger partial charge in [0.05, 0.1) is 12.5 Å². The van der Waals surface area contributed by atoms with Crippen molar-refractivity contribution in [1.29, 1.82) is 0 Å². The van der Waals surface area contributed by atoms with Gasteiger partial charge in [0.1, 0.15) is 17.5 Å². The number of hydrogen-bond donors (Lipinski definition) is 2. The van der Waals surface area contributed by atoms with Crippen LogP contribution in [-0.2, 0) is 10.2 Å². The summed E-state index contributed by atoms with van der Waals surface area (Å²) in [6.45, 7) is 0.0968. The first kappa shape index (κ1) is 17.5. The highest BCUT2D eigenvalue weighted by Crippen LogP contribution is 2.49. The number of aliphatic hydroxyl groups is 1. The van der Waals surface area contributed by atoms with Crippen molar-refractivity contribution in [3.63, 3.8) is 0 Å². The van der Waals surface area contributed by atoms with Crippen LogP contribution in [0.4, 0.5) is 13.2 Å². The fourth-order valence-corrected chi connectivity index (χ4v) is 3.02. The van der Waals surface area contributed by atoms with E-state index in [1.807, 2.05) is 0 Å². The summed E-state index contributed by atoms with van der Waals surface area (Å²) in [5.74, 6) is -2.19. The van der Waals surface area contributed by atoms with Gasteiger partial charge in [-0.15, -0.1) is 0 Å². The minimum absolute atomic E-state index is 0.000906. The number of carbonyl (C=O) groups is 1. The van der Waals surface area contributed by atoms with Gasteiger partial charge in [0, 0.05) is 17.5 Å². The van der Waals surface area contributed by atoms with E-state index in [9.17, 15) is 23.1 Å². The number of hydrogen-bond acceptors (Lipinski definition) is 2. The fraction of sp³-hybridized carbons (Fsp3) is 0.316. The molecule has 2 aromatic carbocycles. The van der Waals surface area contributed by atoms with Crippen LogP contribution in [0.15, 0.2) is 42.5 Å². The summed E-state index contributed by atoms with van der Waals surface area (Å²) in [5, 5.41) is 12.6. The van der Waals surface area contributed by atoms with E-state index < -0.39 is 34.9 Å². The summed E-state index contributed by atoms with van der Waals surface area (Å²) in [5.41, 5.74) is -0.424. The summed E-state index contributed by atoms with van der Waals surface area (Å²) in [6.07, 6.45) is -0.231. The third-order valence-electron chi connectivity index (χ3n) is 4.58. The molecular weight excluding hydrogens is 331 g/mol. The molecule has 2 N–H and O–H groups in total. The summed E-state index contributed by atoms with van der Waals surface area (Å²) >= 11 is 0. The summed E-state index contributed by atoms with van der Waals surface area (Å²) in [6, 6.07) is 9.09. The molecule has 1 amide bonds. The maximum absolute atomic E-state index is 14.0. The lowest BCUT2D eigenvalue weighted by Crippen LogP contribution is -2.34. The zero-order chi connectivity index (χ0) is 18.0. The monoisotopic (exact) mass is 349 g/mol. The molecule has 0 saturated heterocycles. The number of amides is 1. The molecule has 3 rings (SSSR count). The molecule has 25 heavy (non-hydrogen) atoms. The highest BCUT2D eigenvalue weighted by Gasteiger charge is 2.47. The summed E-state index contributed by atoms with van der Waals surface area (Å²) in [4.78, 5) is 12.0. The van der Waals surface area contributed by atoms with Gasteiger partial charge in [-0.2, -0.15) is 0 Å². The minimum atomic E-state index is -1.14. The van der Waals surface area contributed by atoms with Crippen molar-refractivity contribution in [2.45, 2.75) is 30.8 Å². The van der Waals surface area contributed by atoms with Gasteiger partial charge >= 0.3 is 0 Å². The quantitative estimate of drug-likeness (QED) is 0.840. The second kappa shape index (κ2) is 6.88. The maximum Gasteiger partial charge on any atom is 0.222 e. The predicted molar refractivity (Wildman–Crippen MR) is 86.3 cm³/mol. The van der Waals surface area contributed by atoms with Crippen LogP contribution < -0.4 is 5.32 Å². The Labute approximate surface area is 143 Å². The molecule has 0 heterocycles. The van der Waals surface area contributed by atoms with Gasteiger partial charge in [0.2, 0.25) is 5.91 Å². The van der Waals surface area contributed by atoms with E-state index >= 15 is 0 Å². The van der Waals surface area contributed by atoms with E-state index in [1.54, 1.807) is 0 Å². The van der Waals surface area contributed by atoms with Gasteiger partial charge in [-0.05, 0) is 42.7 Å². The van der Waals surface area contributed by atoms with Crippen molar-refractivity contribution >= 4 is 5.91 Å². The van der Waals surface area contributed by atoms with Gasteiger partial charge < -0.3 is 10.4 Å². The van der Waals surface area contributed by atoms with Crippen LogP contribution in [0.25, 0.3) is 0 Å². The molecule has 0 aromatic heterocycles. The molecule has 1 saturated carbocycles. The molecule has 6 heteroatoms. The smallest absolute Gasteiger partial charge is 0.222 e. The van der Waals surface area contributed by atoms with Gasteiger partial charge in [-0.3, -0.25) is 4.79 Å². The van der Waals surface area contributed by atoms with Crippen molar-refractivity contribution in [3.8, 4) is 0 Å². The Hall–Kier alpha value is -2.34. The maximum atomic E-state index is 14.0. The Morgan fingerprint density at radius 1 is 1.12 bits per heavy atom. The van der Waals surface area contributed by atoms with Crippen molar-refractivity contribution in [2.75, 3.05) is 6.54 Å². The molecule has 0 radical (unpaired) electrons. The molecule has 1 aliphatic rings. The molecule has 3 nitrogen and oxygen atoms in total. The van der Waals surface area contributed by atoms with Crippen LogP contribution in [0, 0.1) is 17.5 Å². The lowest BCUT2D eigenvalue weighted by Gasteiger charge is -2.19. The van der Waals surface area contributed by atoms with Gasteiger partial charge in [-0.1, -0.05) is 18.2 Å². The van der Waals surface area contributed by atoms with Crippen LogP contribution in [0.3, 0.4) is 0 Å². The number of nitrogens with one attached hydrogen (secondary N) is 1. The molecular formula is C19H18F3NO2. The molecule has 2 aromatic rings. The van der Waals surface area contributed by atoms with E-state index in [0.717, 1.165) is 6.07 Å². The zero-order valence-corrected chi connectivity index (χ0v) is 13.4. The molecule has 1 fully saturated rings. The average molecular weight is 349 g/mol. The van der Waals surface area contributed by atoms with E-state index in [-0.39, 0.29) is 18.5 Å². The molecule has 1 aliphatic carbocycles. The van der Waals surface area contributed by atoms with Crippen LogP contribution in [0.5, 0.6) is 0 Å². The Kier molecular flexibility index (Phi) is 4.81. The predicted octanol–water partition coefficient (Wildman–Crippen LogP) is 3.38. The van der Waals surface area contributed by atoms with Gasteiger partial charge in [0.15, 0.2) is 0 Å². The average Bonchev–Trinajstić information content (AvgIpc) is 3.33. The Morgan fingerprint density at radius 3 is 2.36 bits per heavy atom. The van der Waals surface area contributed by atoms with Crippen LogP contribution >= 0.6 is 0 Å². The molecule has 0 spiro atoms. The topological polar surface area (TPSA) is 49.3 Å². The van der Waals surface area contributed by atoms with Crippen LogP contribution in [-0.4, -0.2) is 17.6 Å². The summed E-state index contributed by atoms with van der Waals surface area (Å²) < 4.78 is 41.1. The standard InChI is InChI=1S/C19H18F3NO2/c20-13-4-1-3-12(9-13)16(24)10-17(25)23-11-19(7-8-19)18-14(21)5-2-6-15(18)22/h1-6,9,16,24H,7-8,10-11H2,(H,23,25). The van der Waals surface area contributed by atoms with Crippen molar-refractivity contribution in [3.05, 3.63) is 71.0 Å². The van der Waals surface area contributed by atoms with Crippen LogP contribution in [0.1, 0.15) is 36.5 Å². The first-order valence-electron chi connectivity index (χ1n) is 8.06. The largest absolute Gasteiger partial charge is 0.388 e. The van der Waals surface area contributed by atoms with Gasteiger partial charge in [-0.25, -0.2) is 13.2 Å². The number of rotatable bonds is 6. The molecule has 0 aliphatic heterocycles. The van der Waals surface area contributed by atoms with Gasteiger partial charge in [0.25, 0.3) is 0 Å². The number of aliphatic hydroxyl groups excluding tert-OH is 1. The molecule has 1 atom stereocenters. The summed E-state index contributed by atoms with van der Waals surface area (Å²) in [7, 11) is 0. The third-order valence-corrected chi connectivity index (χ3v) is 4.58. The number of carbonyl (C=O) groups excluding carboxylic acids is 1. The second-order valence-electron chi connectivity index (χ2n) is 6.43. The highest BCUT2D eigenvalue weighted by atomic mass is 19.1. The van der Waals surface area contributed by atoms with Crippen molar-refractivity contribution in [2.24, 2.45) is 0 Å². The van der Waals surface area contributed by atoms with E-state index in [0.29, 0.717) is 18.4 Å². The first-order chi connectivity index (χ1) is 11.9. The second-order valence-corrected chi connectivity index (χ2v) is 6.43. The van der Waals surface area contributed by atoms with Crippen molar-refractivity contribution < 1.29 is 23.1 Å². The Balaban J connectivity index is 1.61. The molecule has 0 bridgehead atoms. The lowest BCUT2D eigenvalue weighted by molar-refractivity contribution is -0.123. The lowest BCUT2D eigenvalue weighted by atomic mass is 9.94. The van der Waals surface area contributed by atoms with E-state index in [4.69, 9.17) is 0 Å². The zero-order valence-electron chi connectivity index (χ0n) is 13.4. The fourth-order valence-electron chi connectivity index (χ4n) is 3.02. The Bertz CT molecular complexity index is 770. The first-order valence-corrected chi connectivity index (χ1v) is 8.06. The number of benzene rings is 2. The van der Waals surface area contributed by atoms with Crippen molar-refractivity contribution in [1.82, 2.24) is 5.32 Å². The number of halogens is 3. The van der Waals surface area contributed by atoms with E-state index in [1.165, 1.54) is 36.4 Å². The normalized spacial score (nSPS) is 16.3. The minimum Gasteiger partial charge on any atom is -0.388 e. The third kappa shape index (κ3) is 3.85. The Morgan fingerprint density at radius 2 is 1.76 bits per heavy atom. The van der Waals surface area contributed by atoms with E-state index in [2.05, 4.69) is 5.32 Å². The SMILES string of the molecule is O=C(CC(O)c1cccc(F)c1)NCC1(c2c(F)cccc2F)CC1. The highest BCUT2D eigenvalue weighted by molar-refractivity contribution is 5.76. The van der Waals surface area contributed by atoms with Crippen LogP contribution in [0.2, 0.25) is 0 Å². The molecule has 132 valence electrons. The molecule has 1 unspecified atom stereocenters.